The molecule has 0 aromatic rings. The number of rotatable bonds is 6. The summed E-state index contributed by atoms with van der Waals surface area (Å²) >= 11 is 0. The first-order valence-corrected chi connectivity index (χ1v) is 13.0. The van der Waals surface area contributed by atoms with Crippen LogP contribution in [0.15, 0.2) is 5.76 Å². The van der Waals surface area contributed by atoms with Crippen molar-refractivity contribution in [2.45, 2.75) is 116 Å². The van der Waals surface area contributed by atoms with Gasteiger partial charge in [-0.25, -0.2) is 4.79 Å². The molecule has 8 atom stereocenters. The normalized spacial score (nSPS) is 49.4. The van der Waals surface area contributed by atoms with Gasteiger partial charge in [0.05, 0.1) is 6.61 Å². The molecule has 0 radical (unpaired) electrons. The van der Waals surface area contributed by atoms with Crippen molar-refractivity contribution in [2.24, 2.45) is 34.5 Å². The predicted octanol–water partition coefficient (Wildman–Crippen LogP) is 6.48. The molecule has 0 aromatic heterocycles. The van der Waals surface area contributed by atoms with Crippen molar-refractivity contribution in [3.63, 3.8) is 0 Å². The lowest BCUT2D eigenvalue weighted by molar-refractivity contribution is -0.224. The van der Waals surface area contributed by atoms with E-state index in [-0.39, 0.29) is 17.1 Å². The zero-order valence-corrected chi connectivity index (χ0v) is 19.5. The molecule has 2 heterocycles. The van der Waals surface area contributed by atoms with E-state index in [9.17, 15) is 4.79 Å². The van der Waals surface area contributed by atoms with Gasteiger partial charge in [0.1, 0.15) is 11.7 Å². The van der Waals surface area contributed by atoms with Crippen molar-refractivity contribution >= 4 is 5.94 Å². The minimum Gasteiger partial charge on any atom is -0.477 e. The van der Waals surface area contributed by atoms with Crippen LogP contribution in [-0.4, -0.2) is 24.3 Å². The maximum absolute atomic E-state index is 11.4. The number of ether oxygens (including phenoxy) is 2. The third-order valence-electron chi connectivity index (χ3n) is 10.8. The number of epoxide rings is 1. The highest BCUT2D eigenvalue weighted by molar-refractivity contribution is 5.50. The molecule has 3 saturated carbocycles. The van der Waals surface area contributed by atoms with Crippen LogP contribution < -0.4 is 0 Å². The second-order valence-corrected chi connectivity index (χ2v) is 11.8. The average Bonchev–Trinajstić information content (AvgIpc) is 3.54. The maximum Gasteiger partial charge on any atom is 0.180 e. The van der Waals surface area contributed by atoms with Gasteiger partial charge in [-0.1, -0.05) is 46.5 Å². The van der Waals surface area contributed by atoms with Gasteiger partial charge in [0.25, 0.3) is 0 Å². The van der Waals surface area contributed by atoms with Crippen molar-refractivity contribution in [3.8, 4) is 0 Å². The van der Waals surface area contributed by atoms with Crippen LogP contribution >= 0.6 is 0 Å². The van der Waals surface area contributed by atoms with E-state index in [0.717, 1.165) is 49.5 Å². The van der Waals surface area contributed by atoms with Crippen LogP contribution in [0.2, 0.25) is 0 Å². The maximum atomic E-state index is 11.4. The fourth-order valence-corrected chi connectivity index (χ4v) is 9.05. The Bertz CT molecular complexity index is 707. The molecule has 2 aliphatic heterocycles. The minimum atomic E-state index is -0.273. The van der Waals surface area contributed by atoms with E-state index >= 15 is 0 Å². The second-order valence-electron chi connectivity index (χ2n) is 11.8. The Morgan fingerprint density at radius 1 is 1.00 bits per heavy atom. The van der Waals surface area contributed by atoms with E-state index in [0.29, 0.717) is 11.2 Å². The highest BCUT2D eigenvalue weighted by atomic mass is 16.6. The first-order valence-electron chi connectivity index (χ1n) is 13.0. The molecular formula is C27H42O3. The third-order valence-corrected chi connectivity index (χ3v) is 10.8. The number of unbranched alkanes of at least 4 members (excludes halogenated alkanes) is 3. The number of carbonyl (C=O) groups excluding carboxylic acids is 1. The second kappa shape index (κ2) is 7.66. The Labute approximate surface area is 183 Å². The monoisotopic (exact) mass is 414 g/mol. The largest absolute Gasteiger partial charge is 0.477 e. The first kappa shape index (κ1) is 21.1. The number of fused-ring (bicyclic) bond motifs is 5. The van der Waals surface area contributed by atoms with Crippen LogP contribution in [0.25, 0.3) is 0 Å². The SMILES string of the molecule is CCCCCCC1CCC2C3CCC4(C5CO5)OC(=C=O)CCC4(C)C3CCC12C. The molecule has 0 bridgehead atoms. The summed E-state index contributed by atoms with van der Waals surface area (Å²) in [4.78, 5) is 11.4. The summed E-state index contributed by atoms with van der Waals surface area (Å²) in [7, 11) is 0. The molecule has 0 amide bonds. The van der Waals surface area contributed by atoms with Gasteiger partial charge in [-0.05, 0) is 80.5 Å². The lowest BCUT2D eigenvalue weighted by atomic mass is 9.44. The lowest BCUT2D eigenvalue weighted by Crippen LogP contribution is -2.64. The molecule has 3 heteroatoms. The van der Waals surface area contributed by atoms with Crippen molar-refractivity contribution in [1.82, 2.24) is 0 Å². The molecule has 2 saturated heterocycles. The molecular weight excluding hydrogens is 372 g/mol. The van der Waals surface area contributed by atoms with Gasteiger partial charge in [-0.2, -0.15) is 0 Å². The average molecular weight is 415 g/mol. The van der Waals surface area contributed by atoms with Gasteiger partial charge in [0.2, 0.25) is 0 Å². The Hall–Kier alpha value is -0.790. The molecule has 0 N–H and O–H groups in total. The van der Waals surface area contributed by atoms with Crippen LogP contribution in [0.1, 0.15) is 104 Å². The van der Waals surface area contributed by atoms with Gasteiger partial charge in [-0.15, -0.1) is 0 Å². The Balaban J connectivity index is 1.37. The Morgan fingerprint density at radius 2 is 1.83 bits per heavy atom. The van der Waals surface area contributed by atoms with Gasteiger partial charge in [0.15, 0.2) is 11.7 Å². The molecule has 0 aromatic carbocycles. The number of hydrogen-bond donors (Lipinski definition) is 0. The summed E-state index contributed by atoms with van der Waals surface area (Å²) < 4.78 is 12.4. The predicted molar refractivity (Wildman–Crippen MR) is 119 cm³/mol. The summed E-state index contributed by atoms with van der Waals surface area (Å²) in [6.07, 6.45) is 17.0. The van der Waals surface area contributed by atoms with Crippen molar-refractivity contribution in [1.29, 1.82) is 0 Å². The summed E-state index contributed by atoms with van der Waals surface area (Å²) in [6, 6.07) is 0. The zero-order valence-electron chi connectivity index (χ0n) is 19.5. The fraction of sp³-hybridized carbons (Fsp3) is 0.926. The topological polar surface area (TPSA) is 38.8 Å². The summed E-state index contributed by atoms with van der Waals surface area (Å²) in [5.74, 6) is 6.05. The minimum absolute atomic E-state index is 0.137. The van der Waals surface area contributed by atoms with Crippen LogP contribution in [0.5, 0.6) is 0 Å². The van der Waals surface area contributed by atoms with Gasteiger partial charge in [0, 0.05) is 11.8 Å². The summed E-state index contributed by atoms with van der Waals surface area (Å²) in [6.45, 7) is 8.27. The quantitative estimate of drug-likeness (QED) is 0.284. The van der Waals surface area contributed by atoms with Gasteiger partial charge < -0.3 is 9.47 Å². The highest BCUT2D eigenvalue weighted by Gasteiger charge is 2.70. The van der Waals surface area contributed by atoms with Crippen molar-refractivity contribution in [3.05, 3.63) is 5.76 Å². The molecule has 8 unspecified atom stereocenters. The van der Waals surface area contributed by atoms with Crippen LogP contribution in [0.3, 0.4) is 0 Å². The Kier molecular flexibility index (Phi) is 5.38. The standard InChI is InChI=1S/C27H42O3/c1-4-5-6-7-8-19-9-10-22-21-12-16-27(24-18-29-24)26(3,15-11-20(17-28)30-27)23(21)13-14-25(19,22)2/h19,21-24H,4-16,18H2,1-3H3. The van der Waals surface area contributed by atoms with Gasteiger partial charge >= 0.3 is 0 Å². The van der Waals surface area contributed by atoms with E-state index in [1.54, 1.807) is 0 Å². The van der Waals surface area contributed by atoms with E-state index in [1.807, 2.05) is 0 Å². The molecule has 5 fully saturated rings. The zero-order chi connectivity index (χ0) is 21.0. The van der Waals surface area contributed by atoms with Crippen LogP contribution in [-0.2, 0) is 14.3 Å². The van der Waals surface area contributed by atoms with E-state index in [4.69, 9.17) is 9.47 Å². The van der Waals surface area contributed by atoms with Crippen molar-refractivity contribution < 1.29 is 14.3 Å². The van der Waals surface area contributed by atoms with E-state index in [1.165, 1.54) is 64.2 Å². The molecule has 3 nitrogen and oxygen atoms in total. The highest BCUT2D eigenvalue weighted by Crippen LogP contribution is 2.70. The fourth-order valence-electron chi connectivity index (χ4n) is 9.05. The summed E-state index contributed by atoms with van der Waals surface area (Å²) in [5, 5.41) is 0. The van der Waals surface area contributed by atoms with E-state index in [2.05, 4.69) is 26.7 Å². The molecule has 5 rings (SSSR count). The van der Waals surface area contributed by atoms with Crippen LogP contribution in [0.4, 0.5) is 0 Å². The molecule has 5 aliphatic rings. The molecule has 30 heavy (non-hydrogen) atoms. The lowest BCUT2D eigenvalue weighted by Gasteiger charge is -2.64. The molecule has 168 valence electrons. The summed E-state index contributed by atoms with van der Waals surface area (Å²) in [5.41, 5.74) is 0.423. The Morgan fingerprint density at radius 3 is 2.57 bits per heavy atom. The van der Waals surface area contributed by atoms with Gasteiger partial charge in [-0.3, -0.25) is 0 Å². The third kappa shape index (κ3) is 2.98. The first-order chi connectivity index (χ1) is 14.5. The smallest absolute Gasteiger partial charge is 0.180 e. The molecule has 0 spiro atoms. The molecule has 3 aliphatic carbocycles. The van der Waals surface area contributed by atoms with Crippen LogP contribution in [0, 0.1) is 34.5 Å². The van der Waals surface area contributed by atoms with Crippen molar-refractivity contribution in [2.75, 3.05) is 6.61 Å². The number of hydrogen-bond acceptors (Lipinski definition) is 3. The van der Waals surface area contributed by atoms with E-state index < -0.39 is 0 Å². The number of allylic oxidation sites excluding steroid dienone is 1.